The Labute approximate surface area is 192 Å². The first-order valence-electron chi connectivity index (χ1n) is 12.3. The van der Waals surface area contributed by atoms with Crippen molar-refractivity contribution < 1.29 is 19.4 Å². The van der Waals surface area contributed by atoms with Crippen LogP contribution in [0.25, 0.3) is 0 Å². The van der Waals surface area contributed by atoms with Crippen LogP contribution in [0.1, 0.15) is 39.0 Å². The average molecular weight is 446 g/mol. The number of hydrogen-bond acceptors (Lipinski definition) is 6. The van der Waals surface area contributed by atoms with E-state index >= 15 is 0 Å². The number of benzene rings is 1. The van der Waals surface area contributed by atoms with Crippen LogP contribution in [-0.2, 0) is 9.53 Å². The Morgan fingerprint density at radius 1 is 1.06 bits per heavy atom. The maximum atomic E-state index is 13.2. The molecule has 3 saturated heterocycles. The van der Waals surface area contributed by atoms with Crippen LogP contribution in [0.4, 0.5) is 5.69 Å². The largest absolute Gasteiger partial charge is 0.495 e. The highest BCUT2D eigenvalue weighted by atomic mass is 16.5. The van der Waals surface area contributed by atoms with Crippen molar-refractivity contribution in [2.24, 2.45) is 5.92 Å². The summed E-state index contributed by atoms with van der Waals surface area (Å²) in [4.78, 5) is 19.8. The molecule has 0 radical (unpaired) electrons. The number of amides is 1. The third-order valence-electron chi connectivity index (χ3n) is 7.38. The van der Waals surface area contributed by atoms with E-state index in [-0.39, 0.29) is 12.0 Å². The number of hydrogen-bond donors (Lipinski definition) is 1. The smallest absolute Gasteiger partial charge is 0.254 e. The minimum atomic E-state index is -0.729. The lowest BCUT2D eigenvalue weighted by atomic mass is 9.96. The van der Waals surface area contributed by atoms with E-state index in [0.29, 0.717) is 19.5 Å². The van der Waals surface area contributed by atoms with E-state index in [4.69, 9.17) is 9.47 Å². The first kappa shape index (κ1) is 23.3. The molecule has 0 saturated carbocycles. The maximum Gasteiger partial charge on any atom is 0.254 e. The Morgan fingerprint density at radius 3 is 2.50 bits per heavy atom. The molecule has 1 N–H and O–H groups in total. The Balaban J connectivity index is 1.27. The fourth-order valence-electron chi connectivity index (χ4n) is 5.16. The summed E-state index contributed by atoms with van der Waals surface area (Å²) in [7, 11) is 1.68. The summed E-state index contributed by atoms with van der Waals surface area (Å²) in [5, 5.41) is 10.5. The monoisotopic (exact) mass is 445 g/mol. The lowest BCUT2D eigenvalue weighted by molar-refractivity contribution is -0.168. The number of anilines is 1. The molecule has 0 aromatic heterocycles. The van der Waals surface area contributed by atoms with Crippen molar-refractivity contribution in [2.75, 3.05) is 57.8 Å². The normalized spacial score (nSPS) is 28.0. The standard InChI is InChI=1S/C25H39N3O4/c1-19-9-12-26(13-10-19)14-11-20-7-8-22(29)24(32-20)25(30)28-17-15-27(16-18-28)21-5-3-4-6-23(21)31-2/h3-6,19-20,22,24,29H,7-18H2,1-2H3/t20-,22+,24+/m1/s1. The van der Waals surface area contributed by atoms with Gasteiger partial charge in [0.1, 0.15) is 5.75 Å². The molecule has 1 aromatic carbocycles. The summed E-state index contributed by atoms with van der Waals surface area (Å²) < 4.78 is 11.7. The highest BCUT2D eigenvalue weighted by molar-refractivity contribution is 5.82. The predicted molar refractivity (Wildman–Crippen MR) is 125 cm³/mol. The Hall–Kier alpha value is -1.83. The Kier molecular flexibility index (Phi) is 7.92. The van der Waals surface area contributed by atoms with E-state index in [1.165, 1.54) is 12.8 Å². The predicted octanol–water partition coefficient (Wildman–Crippen LogP) is 2.37. The molecule has 3 heterocycles. The van der Waals surface area contributed by atoms with Gasteiger partial charge in [-0.15, -0.1) is 0 Å². The van der Waals surface area contributed by atoms with Crippen molar-refractivity contribution >= 4 is 11.6 Å². The van der Waals surface area contributed by atoms with Gasteiger partial charge in [0.2, 0.25) is 0 Å². The van der Waals surface area contributed by atoms with Crippen molar-refractivity contribution in [3.63, 3.8) is 0 Å². The zero-order chi connectivity index (χ0) is 22.5. The van der Waals surface area contributed by atoms with Crippen LogP contribution in [0.5, 0.6) is 5.75 Å². The van der Waals surface area contributed by atoms with Crippen molar-refractivity contribution in [3.05, 3.63) is 24.3 Å². The first-order chi connectivity index (χ1) is 15.5. The second-order valence-electron chi connectivity index (χ2n) is 9.62. The van der Waals surface area contributed by atoms with E-state index in [9.17, 15) is 9.90 Å². The Morgan fingerprint density at radius 2 is 1.78 bits per heavy atom. The molecule has 0 unspecified atom stereocenters. The maximum absolute atomic E-state index is 13.2. The van der Waals surface area contributed by atoms with Gasteiger partial charge in [0.05, 0.1) is 25.0 Å². The van der Waals surface area contributed by atoms with Gasteiger partial charge in [-0.3, -0.25) is 4.79 Å². The van der Waals surface area contributed by atoms with Crippen molar-refractivity contribution in [1.82, 2.24) is 9.80 Å². The van der Waals surface area contributed by atoms with Gasteiger partial charge in [-0.05, 0) is 63.2 Å². The Bertz CT molecular complexity index is 744. The average Bonchev–Trinajstić information content (AvgIpc) is 2.84. The van der Waals surface area contributed by atoms with Crippen molar-refractivity contribution in [3.8, 4) is 5.75 Å². The second kappa shape index (κ2) is 10.9. The van der Waals surface area contributed by atoms with E-state index in [1.54, 1.807) is 7.11 Å². The summed E-state index contributed by atoms with van der Waals surface area (Å²) in [5.41, 5.74) is 1.06. The number of carbonyl (C=O) groups is 1. The number of piperazine rings is 1. The highest BCUT2D eigenvalue weighted by Gasteiger charge is 2.38. The van der Waals surface area contributed by atoms with Crippen LogP contribution in [0, 0.1) is 5.92 Å². The van der Waals surface area contributed by atoms with Crippen LogP contribution < -0.4 is 9.64 Å². The third-order valence-corrected chi connectivity index (χ3v) is 7.38. The molecule has 3 aliphatic rings. The van der Waals surface area contributed by atoms with Gasteiger partial charge in [0.25, 0.3) is 5.91 Å². The molecule has 4 rings (SSSR count). The lowest BCUT2D eigenvalue weighted by Crippen LogP contribution is -2.56. The summed E-state index contributed by atoms with van der Waals surface area (Å²) in [6.45, 7) is 8.41. The molecule has 3 fully saturated rings. The zero-order valence-electron chi connectivity index (χ0n) is 19.6. The fraction of sp³-hybridized carbons (Fsp3) is 0.720. The molecular formula is C25H39N3O4. The van der Waals surface area contributed by atoms with Crippen molar-refractivity contribution in [1.29, 1.82) is 0 Å². The number of nitrogens with zero attached hydrogens (tertiary/aromatic N) is 3. The summed E-state index contributed by atoms with van der Waals surface area (Å²) in [6, 6.07) is 7.99. The fourth-order valence-corrected chi connectivity index (χ4v) is 5.16. The van der Waals surface area contributed by atoms with Gasteiger partial charge >= 0.3 is 0 Å². The molecule has 1 amide bonds. The van der Waals surface area contributed by atoms with Crippen LogP contribution in [0.2, 0.25) is 0 Å². The summed E-state index contributed by atoms with van der Waals surface area (Å²) in [6.07, 6.45) is 3.57. The second-order valence-corrected chi connectivity index (χ2v) is 9.62. The van der Waals surface area contributed by atoms with E-state index in [2.05, 4.69) is 22.8 Å². The number of para-hydroxylation sites is 2. The number of aliphatic hydroxyl groups is 1. The van der Waals surface area contributed by atoms with E-state index in [1.807, 2.05) is 23.1 Å². The van der Waals surface area contributed by atoms with Gasteiger partial charge in [0.15, 0.2) is 6.10 Å². The van der Waals surface area contributed by atoms with Gasteiger partial charge in [-0.2, -0.15) is 0 Å². The lowest BCUT2D eigenvalue weighted by Gasteiger charge is -2.41. The van der Waals surface area contributed by atoms with Gasteiger partial charge in [0, 0.05) is 32.7 Å². The molecule has 1 aromatic rings. The molecule has 7 nitrogen and oxygen atoms in total. The number of aliphatic hydroxyl groups excluding tert-OH is 1. The molecule has 3 atom stereocenters. The van der Waals surface area contributed by atoms with Gasteiger partial charge < -0.3 is 29.3 Å². The molecule has 0 aliphatic carbocycles. The minimum Gasteiger partial charge on any atom is -0.495 e. The topological polar surface area (TPSA) is 65.5 Å². The summed E-state index contributed by atoms with van der Waals surface area (Å²) in [5.74, 6) is 1.62. The third kappa shape index (κ3) is 5.56. The van der Waals surface area contributed by atoms with Gasteiger partial charge in [-0.1, -0.05) is 19.1 Å². The first-order valence-corrected chi connectivity index (χ1v) is 12.3. The number of carbonyl (C=O) groups excluding carboxylic acids is 1. The zero-order valence-corrected chi connectivity index (χ0v) is 19.6. The van der Waals surface area contributed by atoms with Crippen LogP contribution in [0.15, 0.2) is 24.3 Å². The molecule has 178 valence electrons. The number of ether oxygens (including phenoxy) is 2. The van der Waals surface area contributed by atoms with Crippen molar-refractivity contribution in [2.45, 2.75) is 57.3 Å². The van der Waals surface area contributed by atoms with Crippen LogP contribution in [0.3, 0.4) is 0 Å². The van der Waals surface area contributed by atoms with Crippen LogP contribution in [-0.4, -0.2) is 92.0 Å². The highest BCUT2D eigenvalue weighted by Crippen LogP contribution is 2.29. The summed E-state index contributed by atoms with van der Waals surface area (Å²) >= 11 is 0. The molecule has 32 heavy (non-hydrogen) atoms. The number of rotatable bonds is 6. The van der Waals surface area contributed by atoms with E-state index in [0.717, 1.165) is 62.9 Å². The van der Waals surface area contributed by atoms with Gasteiger partial charge in [-0.25, -0.2) is 0 Å². The number of piperidine rings is 1. The quantitative estimate of drug-likeness (QED) is 0.725. The molecule has 3 aliphatic heterocycles. The number of likely N-dealkylation sites (tertiary alicyclic amines) is 1. The molecule has 7 heteroatoms. The minimum absolute atomic E-state index is 0.0570. The molecule has 0 spiro atoms. The molecular weight excluding hydrogens is 406 g/mol. The van der Waals surface area contributed by atoms with Crippen LogP contribution >= 0.6 is 0 Å². The number of methoxy groups -OCH3 is 1. The SMILES string of the molecule is COc1ccccc1N1CCN(C(=O)[C@H]2O[C@@H](CCN3CCC(C)CC3)CC[C@@H]2O)CC1. The van der Waals surface area contributed by atoms with E-state index < -0.39 is 12.2 Å². The molecule has 0 bridgehead atoms.